The Kier molecular flexibility index (Phi) is 7.29. The third-order valence-electron chi connectivity index (χ3n) is 3.49. The number of rotatable bonds is 6. The molecule has 0 aliphatic heterocycles. The minimum Gasteiger partial charge on any atom is -0.329 e. The summed E-state index contributed by atoms with van der Waals surface area (Å²) in [5.41, 5.74) is 5.81. The summed E-state index contributed by atoms with van der Waals surface area (Å²) in [6.07, 6.45) is 9.30. The van der Waals surface area contributed by atoms with Crippen LogP contribution in [0.25, 0.3) is 0 Å². The standard InChI is InChI=1S/C14H26N2/c1-2-3-7-10-16-14(12-15)11-13-8-5-4-6-9-13/h13-14,16H,4-12,15H2,1H3. The van der Waals surface area contributed by atoms with Crippen molar-refractivity contribution >= 4 is 0 Å². The molecule has 0 aromatic heterocycles. The molecule has 1 rings (SSSR count). The molecule has 16 heavy (non-hydrogen) atoms. The van der Waals surface area contributed by atoms with Crippen molar-refractivity contribution in [3.8, 4) is 11.8 Å². The molecular formula is C14H26N2. The second kappa shape index (κ2) is 8.61. The summed E-state index contributed by atoms with van der Waals surface area (Å²) in [7, 11) is 0. The van der Waals surface area contributed by atoms with E-state index in [0.29, 0.717) is 6.04 Å². The zero-order chi connectivity index (χ0) is 11.6. The van der Waals surface area contributed by atoms with Crippen LogP contribution in [-0.2, 0) is 0 Å². The predicted molar refractivity (Wildman–Crippen MR) is 70.1 cm³/mol. The van der Waals surface area contributed by atoms with Gasteiger partial charge in [-0.1, -0.05) is 32.1 Å². The SMILES string of the molecule is CC#CCCNC(CN)CC1CCCCC1. The number of nitrogens with two attached hydrogens (primary N) is 1. The summed E-state index contributed by atoms with van der Waals surface area (Å²) >= 11 is 0. The van der Waals surface area contributed by atoms with E-state index >= 15 is 0 Å². The van der Waals surface area contributed by atoms with Crippen molar-refractivity contribution in [3.05, 3.63) is 0 Å². The Hall–Kier alpha value is -0.520. The lowest BCUT2D eigenvalue weighted by molar-refractivity contribution is 0.301. The van der Waals surface area contributed by atoms with E-state index in [1.165, 1.54) is 38.5 Å². The van der Waals surface area contributed by atoms with Gasteiger partial charge in [-0.25, -0.2) is 0 Å². The Bertz CT molecular complexity index is 221. The molecule has 0 bridgehead atoms. The van der Waals surface area contributed by atoms with Gasteiger partial charge in [-0.3, -0.25) is 0 Å². The van der Waals surface area contributed by atoms with Crippen LogP contribution in [-0.4, -0.2) is 19.1 Å². The minimum atomic E-state index is 0.502. The average Bonchev–Trinajstić information content (AvgIpc) is 2.34. The molecule has 1 atom stereocenters. The van der Waals surface area contributed by atoms with E-state index in [4.69, 9.17) is 5.73 Å². The van der Waals surface area contributed by atoms with Crippen LogP contribution >= 0.6 is 0 Å². The lowest BCUT2D eigenvalue weighted by atomic mass is 9.85. The van der Waals surface area contributed by atoms with Crippen molar-refractivity contribution in [2.75, 3.05) is 13.1 Å². The van der Waals surface area contributed by atoms with E-state index < -0.39 is 0 Å². The Balaban J connectivity index is 2.16. The summed E-state index contributed by atoms with van der Waals surface area (Å²) in [6, 6.07) is 0.502. The third-order valence-corrected chi connectivity index (χ3v) is 3.49. The van der Waals surface area contributed by atoms with Crippen LogP contribution in [0.15, 0.2) is 0 Å². The van der Waals surface area contributed by atoms with Gasteiger partial charge in [0.25, 0.3) is 0 Å². The van der Waals surface area contributed by atoms with Gasteiger partial charge in [0, 0.05) is 25.6 Å². The number of hydrogen-bond donors (Lipinski definition) is 2. The van der Waals surface area contributed by atoms with Crippen LogP contribution in [0.3, 0.4) is 0 Å². The van der Waals surface area contributed by atoms with Crippen LogP contribution in [0.2, 0.25) is 0 Å². The van der Waals surface area contributed by atoms with E-state index in [2.05, 4.69) is 17.2 Å². The lowest BCUT2D eigenvalue weighted by Gasteiger charge is -2.26. The fourth-order valence-electron chi connectivity index (χ4n) is 2.55. The summed E-state index contributed by atoms with van der Waals surface area (Å²) in [5.74, 6) is 6.91. The molecule has 1 aliphatic rings. The molecule has 0 spiro atoms. The van der Waals surface area contributed by atoms with E-state index in [0.717, 1.165) is 25.4 Å². The smallest absolute Gasteiger partial charge is 0.0214 e. The molecule has 0 saturated heterocycles. The zero-order valence-corrected chi connectivity index (χ0v) is 10.6. The highest BCUT2D eigenvalue weighted by molar-refractivity contribution is 4.95. The third kappa shape index (κ3) is 5.53. The number of nitrogens with one attached hydrogen (secondary N) is 1. The van der Waals surface area contributed by atoms with Gasteiger partial charge < -0.3 is 11.1 Å². The molecule has 0 aromatic rings. The first-order chi connectivity index (χ1) is 7.86. The largest absolute Gasteiger partial charge is 0.329 e. The fraction of sp³-hybridized carbons (Fsp3) is 0.857. The van der Waals surface area contributed by atoms with E-state index in [-0.39, 0.29) is 0 Å². The molecule has 1 fully saturated rings. The highest BCUT2D eigenvalue weighted by Gasteiger charge is 2.17. The predicted octanol–water partition coefficient (Wildman–Crippen LogP) is 2.29. The highest BCUT2D eigenvalue weighted by Crippen LogP contribution is 2.27. The van der Waals surface area contributed by atoms with Gasteiger partial charge in [0.15, 0.2) is 0 Å². The molecule has 1 unspecified atom stereocenters. The van der Waals surface area contributed by atoms with Crippen molar-refractivity contribution < 1.29 is 0 Å². The van der Waals surface area contributed by atoms with Crippen molar-refractivity contribution in [3.63, 3.8) is 0 Å². The number of hydrogen-bond acceptors (Lipinski definition) is 2. The molecule has 0 radical (unpaired) electrons. The molecule has 1 saturated carbocycles. The van der Waals surface area contributed by atoms with Crippen molar-refractivity contribution in [2.24, 2.45) is 11.7 Å². The molecule has 3 N–H and O–H groups in total. The Morgan fingerprint density at radius 1 is 1.31 bits per heavy atom. The van der Waals surface area contributed by atoms with Crippen LogP contribution in [0, 0.1) is 17.8 Å². The first-order valence-corrected chi connectivity index (χ1v) is 6.70. The maximum atomic E-state index is 5.81. The van der Waals surface area contributed by atoms with Crippen molar-refractivity contribution in [2.45, 2.75) is 57.9 Å². The summed E-state index contributed by atoms with van der Waals surface area (Å²) in [5, 5.41) is 3.52. The minimum absolute atomic E-state index is 0.502. The molecule has 1 aliphatic carbocycles. The van der Waals surface area contributed by atoms with Crippen molar-refractivity contribution in [1.82, 2.24) is 5.32 Å². The van der Waals surface area contributed by atoms with Crippen LogP contribution in [0.4, 0.5) is 0 Å². The maximum Gasteiger partial charge on any atom is 0.0214 e. The quantitative estimate of drug-likeness (QED) is 0.534. The van der Waals surface area contributed by atoms with E-state index in [9.17, 15) is 0 Å². The van der Waals surface area contributed by atoms with Gasteiger partial charge in [0.05, 0.1) is 0 Å². The van der Waals surface area contributed by atoms with E-state index in [1.807, 2.05) is 6.92 Å². The molecule has 0 amide bonds. The van der Waals surface area contributed by atoms with Gasteiger partial charge in [0.1, 0.15) is 0 Å². The summed E-state index contributed by atoms with van der Waals surface area (Å²) in [6.45, 7) is 3.63. The van der Waals surface area contributed by atoms with Gasteiger partial charge in [0.2, 0.25) is 0 Å². The topological polar surface area (TPSA) is 38.0 Å². The normalized spacial score (nSPS) is 18.9. The Labute approximate surface area is 100 Å². The van der Waals surface area contributed by atoms with Gasteiger partial charge in [-0.05, 0) is 19.3 Å². The second-order valence-electron chi connectivity index (χ2n) is 4.80. The molecule has 92 valence electrons. The molecule has 2 nitrogen and oxygen atoms in total. The van der Waals surface area contributed by atoms with Crippen molar-refractivity contribution in [1.29, 1.82) is 0 Å². The Morgan fingerprint density at radius 2 is 2.06 bits per heavy atom. The average molecular weight is 222 g/mol. The van der Waals surface area contributed by atoms with Crippen LogP contribution < -0.4 is 11.1 Å². The first-order valence-electron chi connectivity index (χ1n) is 6.70. The van der Waals surface area contributed by atoms with Gasteiger partial charge in [-0.2, -0.15) is 0 Å². The molecule has 0 heterocycles. The first kappa shape index (κ1) is 13.5. The maximum absolute atomic E-state index is 5.81. The molecule has 0 aromatic carbocycles. The second-order valence-corrected chi connectivity index (χ2v) is 4.80. The highest BCUT2D eigenvalue weighted by atomic mass is 14.9. The Morgan fingerprint density at radius 3 is 2.69 bits per heavy atom. The van der Waals surface area contributed by atoms with Gasteiger partial charge in [-0.15, -0.1) is 11.8 Å². The zero-order valence-electron chi connectivity index (χ0n) is 10.6. The van der Waals surface area contributed by atoms with Crippen LogP contribution in [0.1, 0.15) is 51.9 Å². The molecule has 2 heteroatoms. The monoisotopic (exact) mass is 222 g/mol. The van der Waals surface area contributed by atoms with E-state index in [1.54, 1.807) is 0 Å². The summed E-state index contributed by atoms with van der Waals surface area (Å²) in [4.78, 5) is 0. The summed E-state index contributed by atoms with van der Waals surface area (Å²) < 4.78 is 0. The molecular weight excluding hydrogens is 196 g/mol. The fourth-order valence-corrected chi connectivity index (χ4v) is 2.55. The van der Waals surface area contributed by atoms with Crippen LogP contribution in [0.5, 0.6) is 0 Å². The lowest BCUT2D eigenvalue weighted by Crippen LogP contribution is -2.38. The van der Waals surface area contributed by atoms with Gasteiger partial charge >= 0.3 is 0 Å².